The molecule has 0 aromatic heterocycles. The number of rotatable bonds is 12. The second kappa shape index (κ2) is 14.0. The van der Waals surface area contributed by atoms with E-state index in [1.165, 1.54) is 0 Å². The summed E-state index contributed by atoms with van der Waals surface area (Å²) >= 11 is 0. The number of hydrogen-bond donors (Lipinski definition) is 3. The van der Waals surface area contributed by atoms with Crippen molar-refractivity contribution in [2.75, 3.05) is 52.8 Å². The van der Waals surface area contributed by atoms with Crippen LogP contribution >= 0.6 is 0 Å². The van der Waals surface area contributed by atoms with Gasteiger partial charge in [0.05, 0.1) is 0 Å². The van der Waals surface area contributed by atoms with E-state index in [2.05, 4.69) is 32.9 Å². The topological polar surface area (TPSA) is 78.0 Å². The van der Waals surface area contributed by atoms with Crippen LogP contribution in [0.25, 0.3) is 0 Å². The number of guanidine groups is 1. The summed E-state index contributed by atoms with van der Waals surface area (Å²) in [5.74, 6) is 0.815. The third-order valence-corrected chi connectivity index (χ3v) is 4.05. The maximum Gasteiger partial charge on any atom is 0.224 e. The van der Waals surface area contributed by atoms with Crippen molar-refractivity contribution in [3.05, 3.63) is 29.8 Å². The van der Waals surface area contributed by atoms with Gasteiger partial charge in [-0.05, 0) is 37.6 Å². The van der Waals surface area contributed by atoms with Crippen molar-refractivity contribution in [1.29, 1.82) is 0 Å². The second-order valence-corrected chi connectivity index (χ2v) is 6.50. The maximum absolute atomic E-state index is 11.7. The standard InChI is InChI=1S/C20H35N5O2/c1-5-8-19(26)24-18-10-6-9-17(15-18)16-23-20(21-2)22-11-13-25(3)12-7-14-27-4/h6,9-10,15H,5,7-8,11-14,16H2,1-4H3,(H,24,26)(H2,21,22,23). The lowest BCUT2D eigenvalue weighted by molar-refractivity contribution is -0.116. The highest BCUT2D eigenvalue weighted by molar-refractivity contribution is 5.90. The third kappa shape index (κ3) is 10.6. The van der Waals surface area contributed by atoms with Crippen molar-refractivity contribution < 1.29 is 9.53 Å². The molecule has 0 bridgehead atoms. The molecule has 0 heterocycles. The summed E-state index contributed by atoms with van der Waals surface area (Å²) in [6.07, 6.45) is 2.42. The van der Waals surface area contributed by atoms with Gasteiger partial charge in [-0.3, -0.25) is 9.79 Å². The van der Waals surface area contributed by atoms with E-state index in [-0.39, 0.29) is 5.91 Å². The van der Waals surface area contributed by atoms with Gasteiger partial charge in [-0.1, -0.05) is 19.1 Å². The molecule has 0 saturated carbocycles. The van der Waals surface area contributed by atoms with Gasteiger partial charge < -0.3 is 25.6 Å². The number of carbonyl (C=O) groups is 1. The molecule has 0 radical (unpaired) electrons. The highest BCUT2D eigenvalue weighted by atomic mass is 16.5. The van der Waals surface area contributed by atoms with Crippen LogP contribution in [0.1, 0.15) is 31.7 Å². The summed E-state index contributed by atoms with van der Waals surface area (Å²) in [4.78, 5) is 18.2. The Hall–Kier alpha value is -2.12. The Labute approximate surface area is 163 Å². The van der Waals surface area contributed by atoms with Crippen LogP contribution in [0.4, 0.5) is 5.69 Å². The fourth-order valence-electron chi connectivity index (χ4n) is 2.57. The molecule has 1 aromatic carbocycles. The number of benzene rings is 1. The summed E-state index contributed by atoms with van der Waals surface area (Å²) in [6, 6.07) is 7.87. The van der Waals surface area contributed by atoms with E-state index in [1.54, 1.807) is 14.2 Å². The van der Waals surface area contributed by atoms with E-state index in [9.17, 15) is 4.79 Å². The van der Waals surface area contributed by atoms with E-state index in [1.807, 2.05) is 31.2 Å². The van der Waals surface area contributed by atoms with Crippen LogP contribution in [0, 0.1) is 0 Å². The molecule has 0 aliphatic heterocycles. The van der Waals surface area contributed by atoms with Crippen molar-refractivity contribution in [2.24, 2.45) is 4.99 Å². The van der Waals surface area contributed by atoms with E-state index in [0.29, 0.717) is 13.0 Å². The smallest absolute Gasteiger partial charge is 0.224 e. The lowest BCUT2D eigenvalue weighted by Crippen LogP contribution is -2.40. The number of amides is 1. The third-order valence-electron chi connectivity index (χ3n) is 4.05. The van der Waals surface area contributed by atoms with Gasteiger partial charge in [-0.15, -0.1) is 0 Å². The van der Waals surface area contributed by atoms with Gasteiger partial charge in [-0.25, -0.2) is 0 Å². The van der Waals surface area contributed by atoms with Gasteiger partial charge in [0.15, 0.2) is 5.96 Å². The Morgan fingerprint density at radius 1 is 1.26 bits per heavy atom. The normalized spacial score (nSPS) is 11.5. The summed E-state index contributed by atoms with van der Waals surface area (Å²) < 4.78 is 5.07. The van der Waals surface area contributed by atoms with Crippen molar-refractivity contribution >= 4 is 17.6 Å². The van der Waals surface area contributed by atoms with Crippen molar-refractivity contribution in [3.63, 3.8) is 0 Å². The molecule has 27 heavy (non-hydrogen) atoms. The molecular formula is C20H35N5O2. The Morgan fingerprint density at radius 3 is 2.78 bits per heavy atom. The number of anilines is 1. The van der Waals surface area contributed by atoms with Crippen LogP contribution in [0.3, 0.4) is 0 Å². The summed E-state index contributed by atoms with van der Waals surface area (Å²) in [7, 11) is 5.59. The van der Waals surface area contributed by atoms with Crippen LogP contribution in [-0.2, 0) is 16.1 Å². The van der Waals surface area contributed by atoms with Crippen molar-refractivity contribution in [1.82, 2.24) is 15.5 Å². The molecule has 7 heteroatoms. The van der Waals surface area contributed by atoms with Crippen LogP contribution in [-0.4, -0.2) is 64.2 Å². The van der Waals surface area contributed by atoms with Crippen molar-refractivity contribution in [3.8, 4) is 0 Å². The average molecular weight is 378 g/mol. The molecule has 0 saturated heterocycles. The van der Waals surface area contributed by atoms with Gasteiger partial charge in [0.1, 0.15) is 0 Å². The number of nitrogens with one attached hydrogen (secondary N) is 3. The molecule has 0 spiro atoms. The lowest BCUT2D eigenvalue weighted by Gasteiger charge is -2.18. The zero-order valence-corrected chi connectivity index (χ0v) is 17.2. The Balaban J connectivity index is 2.36. The Morgan fingerprint density at radius 2 is 2.07 bits per heavy atom. The zero-order chi connectivity index (χ0) is 19.9. The first-order chi connectivity index (χ1) is 13.1. The molecule has 0 aliphatic carbocycles. The number of ether oxygens (including phenoxy) is 1. The SMILES string of the molecule is CCCC(=O)Nc1cccc(CNC(=NC)NCCN(C)CCCOC)c1. The second-order valence-electron chi connectivity index (χ2n) is 6.50. The minimum atomic E-state index is 0.0507. The summed E-state index contributed by atoms with van der Waals surface area (Å²) in [5.41, 5.74) is 1.91. The Kier molecular flexibility index (Phi) is 11.9. The first-order valence-corrected chi connectivity index (χ1v) is 9.59. The van der Waals surface area contributed by atoms with Gasteiger partial charge >= 0.3 is 0 Å². The van der Waals surface area contributed by atoms with Gasteiger partial charge in [0.2, 0.25) is 5.91 Å². The molecule has 1 amide bonds. The number of nitrogens with zero attached hydrogens (tertiary/aromatic N) is 2. The molecule has 3 N–H and O–H groups in total. The van der Waals surface area contributed by atoms with Crippen LogP contribution in [0.15, 0.2) is 29.3 Å². The van der Waals surface area contributed by atoms with Crippen molar-refractivity contribution in [2.45, 2.75) is 32.7 Å². The van der Waals surface area contributed by atoms with E-state index in [4.69, 9.17) is 4.74 Å². The quantitative estimate of drug-likeness (QED) is 0.295. The largest absolute Gasteiger partial charge is 0.385 e. The van der Waals surface area contributed by atoms with E-state index in [0.717, 1.165) is 56.3 Å². The number of aliphatic imine (C=N–C) groups is 1. The predicted octanol–water partition coefficient (Wildman–Crippen LogP) is 2.06. The van der Waals surface area contributed by atoms with Gasteiger partial charge in [-0.2, -0.15) is 0 Å². The van der Waals surface area contributed by atoms with Gasteiger partial charge in [0, 0.05) is 59.1 Å². The summed E-state index contributed by atoms with van der Waals surface area (Å²) in [5, 5.41) is 9.55. The molecule has 0 aliphatic rings. The lowest BCUT2D eigenvalue weighted by atomic mass is 10.2. The molecule has 152 valence electrons. The highest BCUT2D eigenvalue weighted by Crippen LogP contribution is 2.11. The minimum absolute atomic E-state index is 0.0507. The average Bonchev–Trinajstić information content (AvgIpc) is 2.65. The molecular weight excluding hydrogens is 342 g/mol. The number of carbonyl (C=O) groups excluding carboxylic acids is 1. The first kappa shape index (κ1) is 22.9. The van der Waals surface area contributed by atoms with Crippen LogP contribution in [0.5, 0.6) is 0 Å². The number of methoxy groups -OCH3 is 1. The van der Waals surface area contributed by atoms with E-state index >= 15 is 0 Å². The van der Waals surface area contributed by atoms with Gasteiger partial charge in [0.25, 0.3) is 0 Å². The Bertz CT molecular complexity index is 577. The van der Waals surface area contributed by atoms with E-state index < -0.39 is 0 Å². The summed E-state index contributed by atoms with van der Waals surface area (Å²) in [6.45, 7) is 6.19. The minimum Gasteiger partial charge on any atom is -0.385 e. The molecule has 0 fully saturated rings. The predicted molar refractivity (Wildman–Crippen MR) is 112 cm³/mol. The maximum atomic E-state index is 11.7. The number of likely N-dealkylation sites (N-methyl/N-ethyl adjacent to an activating group) is 1. The fourth-order valence-corrected chi connectivity index (χ4v) is 2.57. The number of hydrogen-bond acceptors (Lipinski definition) is 4. The zero-order valence-electron chi connectivity index (χ0n) is 17.2. The molecule has 0 unspecified atom stereocenters. The highest BCUT2D eigenvalue weighted by Gasteiger charge is 2.03. The molecule has 1 aromatic rings. The molecule has 7 nitrogen and oxygen atoms in total. The molecule has 1 rings (SSSR count). The first-order valence-electron chi connectivity index (χ1n) is 9.59. The fraction of sp³-hybridized carbons (Fsp3) is 0.600. The molecule has 0 atom stereocenters. The monoisotopic (exact) mass is 377 g/mol. The van der Waals surface area contributed by atoms with Crippen LogP contribution < -0.4 is 16.0 Å². The van der Waals surface area contributed by atoms with Crippen LogP contribution in [0.2, 0.25) is 0 Å².